The van der Waals surface area contributed by atoms with Gasteiger partial charge in [-0.3, -0.25) is 9.69 Å². The molecule has 0 bridgehead atoms. The first-order chi connectivity index (χ1) is 19.0. The Labute approximate surface area is 230 Å². The number of hydrogen-bond donors (Lipinski definition) is 1. The molecule has 1 unspecified atom stereocenters. The first-order valence-corrected chi connectivity index (χ1v) is 13.7. The third-order valence-corrected chi connectivity index (χ3v) is 7.74. The zero-order chi connectivity index (χ0) is 27.2. The van der Waals surface area contributed by atoms with Crippen LogP contribution in [-0.4, -0.2) is 43.8 Å². The van der Waals surface area contributed by atoms with Crippen molar-refractivity contribution >= 4 is 11.9 Å². The van der Waals surface area contributed by atoms with Crippen molar-refractivity contribution in [3.05, 3.63) is 94.5 Å². The molecule has 7 heteroatoms. The van der Waals surface area contributed by atoms with Crippen LogP contribution in [0.4, 0.5) is 0 Å². The molecule has 0 saturated carbocycles. The number of likely N-dealkylation sites (tertiary alicyclic amines) is 1. The predicted octanol–water partition coefficient (Wildman–Crippen LogP) is 5.54. The van der Waals surface area contributed by atoms with Gasteiger partial charge in [-0.05, 0) is 97.8 Å². The number of methoxy groups -OCH3 is 1. The highest BCUT2D eigenvalue weighted by atomic mass is 16.7. The summed E-state index contributed by atoms with van der Waals surface area (Å²) in [6, 6.07) is 21.3. The van der Waals surface area contributed by atoms with Crippen LogP contribution in [0.3, 0.4) is 0 Å². The van der Waals surface area contributed by atoms with E-state index in [1.165, 1.54) is 31.1 Å². The van der Waals surface area contributed by atoms with Crippen LogP contribution in [0.2, 0.25) is 0 Å². The van der Waals surface area contributed by atoms with Gasteiger partial charge in [-0.15, -0.1) is 0 Å². The van der Waals surface area contributed by atoms with Crippen LogP contribution in [0.5, 0.6) is 11.5 Å². The number of hydrogen-bond acceptors (Lipinski definition) is 6. The molecule has 2 heterocycles. The first-order valence-electron chi connectivity index (χ1n) is 13.7. The van der Waals surface area contributed by atoms with E-state index in [0.29, 0.717) is 23.8 Å². The molecule has 7 nitrogen and oxygen atoms in total. The fourth-order valence-corrected chi connectivity index (χ4v) is 5.40. The van der Waals surface area contributed by atoms with E-state index in [4.69, 9.17) is 14.2 Å². The van der Waals surface area contributed by atoms with E-state index in [0.717, 1.165) is 49.5 Å². The quantitative estimate of drug-likeness (QED) is 0.368. The summed E-state index contributed by atoms with van der Waals surface area (Å²) >= 11 is 0. The Morgan fingerprint density at radius 3 is 2.28 bits per heavy atom. The van der Waals surface area contributed by atoms with Crippen LogP contribution < -0.4 is 14.8 Å². The maximum atomic E-state index is 13.0. The summed E-state index contributed by atoms with van der Waals surface area (Å²) in [7, 11) is 1.36. The Bertz CT molecular complexity index is 1280. The van der Waals surface area contributed by atoms with Crippen molar-refractivity contribution in [3.8, 4) is 11.5 Å². The van der Waals surface area contributed by atoms with Crippen molar-refractivity contribution in [2.45, 2.75) is 45.2 Å². The zero-order valence-corrected chi connectivity index (χ0v) is 22.7. The molecule has 1 amide bonds. The lowest BCUT2D eigenvalue weighted by molar-refractivity contribution is 0.0600. The Balaban J connectivity index is 1.10. The van der Waals surface area contributed by atoms with Crippen LogP contribution >= 0.6 is 0 Å². The number of piperidine rings is 1. The average molecular weight is 529 g/mol. The second kappa shape index (κ2) is 12.3. The second-order valence-corrected chi connectivity index (χ2v) is 10.4. The minimum Gasteiger partial charge on any atom is -0.465 e. The molecule has 2 aliphatic heterocycles. The number of nitrogens with one attached hydrogen (secondary N) is 1. The lowest BCUT2D eigenvalue weighted by Crippen LogP contribution is -2.33. The number of amides is 1. The summed E-state index contributed by atoms with van der Waals surface area (Å²) in [5.41, 5.74) is 4.64. The maximum Gasteiger partial charge on any atom is 0.337 e. The molecular formula is C32H36N2O5. The smallest absolute Gasteiger partial charge is 0.337 e. The van der Waals surface area contributed by atoms with Crippen LogP contribution in [0.15, 0.2) is 66.7 Å². The molecule has 0 radical (unpaired) electrons. The first kappa shape index (κ1) is 26.8. The van der Waals surface area contributed by atoms with Crippen molar-refractivity contribution in [3.63, 3.8) is 0 Å². The van der Waals surface area contributed by atoms with Crippen molar-refractivity contribution in [1.29, 1.82) is 0 Å². The SMILES string of the molecule is CCC(NC(=O)c1ccc(CC2CCN(Cc3ccc4c(c3)OCO4)CC2)cc1)c1ccc(C(=O)OC)cc1. The van der Waals surface area contributed by atoms with Gasteiger partial charge in [0.25, 0.3) is 5.91 Å². The summed E-state index contributed by atoms with van der Waals surface area (Å²) in [5, 5.41) is 3.13. The number of rotatable bonds is 9. The van der Waals surface area contributed by atoms with E-state index in [1.54, 1.807) is 12.1 Å². The van der Waals surface area contributed by atoms with E-state index < -0.39 is 0 Å². The number of nitrogens with zero attached hydrogens (tertiary/aromatic N) is 1. The predicted molar refractivity (Wildman–Crippen MR) is 149 cm³/mol. The minimum absolute atomic E-state index is 0.0951. The lowest BCUT2D eigenvalue weighted by atomic mass is 9.89. The van der Waals surface area contributed by atoms with Gasteiger partial charge < -0.3 is 19.5 Å². The van der Waals surface area contributed by atoms with Crippen molar-refractivity contribution in [2.75, 3.05) is 27.0 Å². The van der Waals surface area contributed by atoms with Crippen LogP contribution in [0, 0.1) is 5.92 Å². The largest absolute Gasteiger partial charge is 0.465 e. The number of carbonyl (C=O) groups is 2. The van der Waals surface area contributed by atoms with Crippen molar-refractivity contribution < 1.29 is 23.8 Å². The number of carbonyl (C=O) groups excluding carboxylic acids is 2. The van der Waals surface area contributed by atoms with Crippen LogP contribution in [0.1, 0.15) is 69.6 Å². The van der Waals surface area contributed by atoms with E-state index in [2.05, 4.69) is 34.5 Å². The molecule has 1 N–H and O–H groups in total. The monoisotopic (exact) mass is 528 g/mol. The zero-order valence-electron chi connectivity index (χ0n) is 22.7. The number of fused-ring (bicyclic) bond motifs is 1. The lowest BCUT2D eigenvalue weighted by Gasteiger charge is -2.32. The molecule has 204 valence electrons. The van der Waals surface area contributed by atoms with Crippen LogP contribution in [0.25, 0.3) is 0 Å². The van der Waals surface area contributed by atoms with E-state index >= 15 is 0 Å². The normalized spacial score (nSPS) is 16.1. The van der Waals surface area contributed by atoms with Crippen molar-refractivity contribution in [2.24, 2.45) is 5.92 Å². The fraction of sp³-hybridized carbons (Fsp3) is 0.375. The Morgan fingerprint density at radius 1 is 0.923 bits per heavy atom. The van der Waals surface area contributed by atoms with Crippen molar-refractivity contribution in [1.82, 2.24) is 10.2 Å². The van der Waals surface area contributed by atoms with Gasteiger partial charge in [-0.2, -0.15) is 0 Å². The third-order valence-electron chi connectivity index (χ3n) is 7.74. The van der Waals surface area contributed by atoms with Gasteiger partial charge in [0.05, 0.1) is 18.7 Å². The number of ether oxygens (including phenoxy) is 3. The molecule has 5 rings (SSSR count). The Hall–Kier alpha value is -3.84. The third kappa shape index (κ3) is 6.60. The van der Waals surface area contributed by atoms with E-state index in [1.807, 2.05) is 37.3 Å². The molecule has 0 aliphatic carbocycles. The molecule has 39 heavy (non-hydrogen) atoms. The molecule has 1 fully saturated rings. The number of benzene rings is 3. The standard InChI is InChI=1S/C32H36N2O5/c1-3-28(25-9-11-27(12-10-25)32(36)37-2)33-31(35)26-7-4-22(5-8-26)18-23-14-16-34(17-15-23)20-24-6-13-29-30(19-24)39-21-38-29/h4-13,19,23,28H,3,14-18,20-21H2,1-2H3,(H,33,35). The topological polar surface area (TPSA) is 77.1 Å². The summed E-state index contributed by atoms with van der Waals surface area (Å²) in [6.45, 7) is 5.43. The number of esters is 1. The van der Waals surface area contributed by atoms with Gasteiger partial charge >= 0.3 is 5.97 Å². The minimum atomic E-state index is -0.370. The fourth-order valence-electron chi connectivity index (χ4n) is 5.40. The maximum absolute atomic E-state index is 13.0. The summed E-state index contributed by atoms with van der Waals surface area (Å²) in [4.78, 5) is 27.2. The van der Waals surface area contributed by atoms with Crippen LogP contribution in [-0.2, 0) is 17.7 Å². The summed E-state index contributed by atoms with van der Waals surface area (Å²) in [6.07, 6.45) is 4.11. The molecule has 3 aromatic carbocycles. The van der Waals surface area contributed by atoms with Gasteiger partial charge in [0.1, 0.15) is 0 Å². The summed E-state index contributed by atoms with van der Waals surface area (Å²) < 4.78 is 15.7. The average Bonchev–Trinajstić information content (AvgIpc) is 3.45. The molecular weight excluding hydrogens is 492 g/mol. The Kier molecular flexibility index (Phi) is 8.47. The molecule has 3 aromatic rings. The Morgan fingerprint density at radius 2 is 1.59 bits per heavy atom. The van der Waals surface area contributed by atoms with Gasteiger partial charge in [-0.25, -0.2) is 4.79 Å². The molecule has 1 saturated heterocycles. The van der Waals surface area contributed by atoms with Gasteiger partial charge in [0, 0.05) is 12.1 Å². The van der Waals surface area contributed by atoms with Gasteiger partial charge in [-0.1, -0.05) is 37.3 Å². The molecule has 1 atom stereocenters. The summed E-state index contributed by atoms with van der Waals surface area (Å²) in [5.74, 6) is 1.86. The van der Waals surface area contributed by atoms with Gasteiger partial charge in [0.2, 0.25) is 6.79 Å². The second-order valence-electron chi connectivity index (χ2n) is 10.4. The highest BCUT2D eigenvalue weighted by molar-refractivity contribution is 5.94. The highest BCUT2D eigenvalue weighted by Gasteiger charge is 2.21. The molecule has 2 aliphatic rings. The van der Waals surface area contributed by atoms with E-state index in [9.17, 15) is 9.59 Å². The van der Waals surface area contributed by atoms with Gasteiger partial charge in [0.15, 0.2) is 11.5 Å². The van der Waals surface area contributed by atoms with E-state index in [-0.39, 0.29) is 17.9 Å². The highest BCUT2D eigenvalue weighted by Crippen LogP contribution is 2.33. The molecule has 0 spiro atoms. The molecule has 0 aromatic heterocycles.